The van der Waals surface area contributed by atoms with Crippen molar-refractivity contribution < 1.29 is 26.8 Å². The number of amides is 2. The maximum absolute atomic E-state index is 13.3. The number of rotatable bonds is 5. The van der Waals surface area contributed by atoms with Gasteiger partial charge in [0.1, 0.15) is 0 Å². The van der Waals surface area contributed by atoms with E-state index in [0.29, 0.717) is 12.1 Å². The smallest absolute Gasteiger partial charge is 0.271 e. The molecular formula is C19H14F2N4O4S. The van der Waals surface area contributed by atoms with Crippen molar-refractivity contribution >= 4 is 27.5 Å². The predicted molar refractivity (Wildman–Crippen MR) is 103 cm³/mol. The fourth-order valence-electron chi connectivity index (χ4n) is 2.34. The summed E-state index contributed by atoms with van der Waals surface area (Å²) in [7, 11) is -4.22. The topological polar surface area (TPSA) is 117 Å². The minimum atomic E-state index is -4.22. The molecule has 0 fully saturated rings. The van der Waals surface area contributed by atoms with Crippen molar-refractivity contribution in [1.29, 1.82) is 0 Å². The van der Waals surface area contributed by atoms with Crippen LogP contribution in [0.5, 0.6) is 0 Å². The fraction of sp³-hybridized carbons (Fsp3) is 0. The number of benzene rings is 2. The molecule has 0 bridgehead atoms. The van der Waals surface area contributed by atoms with Gasteiger partial charge in [-0.15, -0.1) is 0 Å². The zero-order valence-electron chi connectivity index (χ0n) is 15.1. The summed E-state index contributed by atoms with van der Waals surface area (Å²) in [6.45, 7) is 0. The highest BCUT2D eigenvalue weighted by Gasteiger charge is 2.17. The summed E-state index contributed by atoms with van der Waals surface area (Å²) >= 11 is 0. The van der Waals surface area contributed by atoms with Gasteiger partial charge in [0.15, 0.2) is 11.6 Å². The Morgan fingerprint density at radius 1 is 0.833 bits per heavy atom. The molecule has 154 valence electrons. The quantitative estimate of drug-likeness (QED) is 0.535. The van der Waals surface area contributed by atoms with Crippen LogP contribution < -0.4 is 15.6 Å². The molecule has 3 N–H and O–H groups in total. The van der Waals surface area contributed by atoms with Crippen LogP contribution in [0.1, 0.15) is 20.7 Å². The lowest BCUT2D eigenvalue weighted by Crippen LogP contribution is -2.41. The molecule has 0 radical (unpaired) electrons. The molecule has 2 amide bonds. The number of sulfonamides is 1. The molecule has 3 aromatic rings. The zero-order valence-corrected chi connectivity index (χ0v) is 15.9. The second kappa shape index (κ2) is 8.66. The van der Waals surface area contributed by atoms with Crippen molar-refractivity contribution in [2.24, 2.45) is 0 Å². The van der Waals surface area contributed by atoms with E-state index in [4.69, 9.17) is 0 Å². The van der Waals surface area contributed by atoms with Gasteiger partial charge in [0.05, 0.1) is 10.5 Å². The minimum absolute atomic E-state index is 0.00553. The minimum Gasteiger partial charge on any atom is -0.280 e. The first-order valence-corrected chi connectivity index (χ1v) is 9.83. The van der Waals surface area contributed by atoms with Gasteiger partial charge in [-0.1, -0.05) is 6.07 Å². The molecular weight excluding hydrogens is 418 g/mol. The number of hydrogen-bond acceptors (Lipinski definition) is 5. The van der Waals surface area contributed by atoms with E-state index in [2.05, 4.69) is 20.6 Å². The molecule has 0 saturated heterocycles. The van der Waals surface area contributed by atoms with Crippen molar-refractivity contribution in [1.82, 2.24) is 15.8 Å². The first-order valence-electron chi connectivity index (χ1n) is 8.35. The van der Waals surface area contributed by atoms with Gasteiger partial charge in [-0.3, -0.25) is 30.1 Å². The first kappa shape index (κ1) is 20.9. The van der Waals surface area contributed by atoms with Crippen LogP contribution in [0.15, 0.2) is 71.9 Å². The molecule has 0 unspecified atom stereocenters. The van der Waals surface area contributed by atoms with Crippen molar-refractivity contribution in [2.75, 3.05) is 4.72 Å². The number of hydrogen-bond donors (Lipinski definition) is 3. The van der Waals surface area contributed by atoms with E-state index in [0.717, 1.165) is 6.07 Å². The molecule has 0 aliphatic rings. The van der Waals surface area contributed by atoms with Gasteiger partial charge < -0.3 is 0 Å². The van der Waals surface area contributed by atoms with Crippen LogP contribution in [0.25, 0.3) is 0 Å². The molecule has 1 aromatic heterocycles. The molecule has 0 aliphatic heterocycles. The third kappa shape index (κ3) is 4.94. The Kier molecular flexibility index (Phi) is 6.02. The highest BCUT2D eigenvalue weighted by Crippen LogP contribution is 2.19. The zero-order chi connectivity index (χ0) is 21.7. The van der Waals surface area contributed by atoms with E-state index in [1.807, 2.05) is 0 Å². The van der Waals surface area contributed by atoms with E-state index in [9.17, 15) is 26.8 Å². The van der Waals surface area contributed by atoms with Crippen molar-refractivity contribution in [3.05, 3.63) is 89.8 Å². The Morgan fingerprint density at radius 3 is 2.20 bits per heavy atom. The summed E-state index contributed by atoms with van der Waals surface area (Å²) in [6, 6.07) is 10.6. The summed E-state index contributed by atoms with van der Waals surface area (Å²) in [6.07, 6.45) is 2.80. The Hall–Kier alpha value is -3.86. The number of nitrogens with one attached hydrogen (secondary N) is 3. The number of pyridine rings is 1. The Balaban J connectivity index is 1.70. The van der Waals surface area contributed by atoms with E-state index in [1.54, 1.807) is 6.07 Å². The van der Waals surface area contributed by atoms with Crippen molar-refractivity contribution in [3.63, 3.8) is 0 Å². The summed E-state index contributed by atoms with van der Waals surface area (Å²) < 4.78 is 53.2. The standard InChI is InChI=1S/C19H14F2N4O4S/c20-16-7-6-15(10-17(16)21)30(28,29)25-14-5-1-3-12(9-14)18(26)23-24-19(27)13-4-2-8-22-11-13/h1-11,25H,(H,23,26)(H,24,27). The van der Waals surface area contributed by atoms with Crippen LogP contribution in [0.3, 0.4) is 0 Å². The van der Waals surface area contributed by atoms with Crippen molar-refractivity contribution in [3.8, 4) is 0 Å². The van der Waals surface area contributed by atoms with Gasteiger partial charge in [-0.25, -0.2) is 17.2 Å². The van der Waals surface area contributed by atoms with Crippen LogP contribution in [0, 0.1) is 11.6 Å². The maximum Gasteiger partial charge on any atom is 0.271 e. The van der Waals surface area contributed by atoms with Gasteiger partial charge in [0.25, 0.3) is 21.8 Å². The second-order valence-electron chi connectivity index (χ2n) is 5.91. The summed E-state index contributed by atoms with van der Waals surface area (Å²) in [5.41, 5.74) is 4.67. The number of halogens is 2. The molecule has 0 saturated carbocycles. The largest absolute Gasteiger partial charge is 0.280 e. The maximum atomic E-state index is 13.3. The molecule has 1 heterocycles. The number of carbonyl (C=O) groups excluding carboxylic acids is 2. The van der Waals surface area contributed by atoms with E-state index < -0.39 is 38.4 Å². The molecule has 11 heteroatoms. The predicted octanol–water partition coefficient (Wildman–Crippen LogP) is 2.24. The van der Waals surface area contributed by atoms with Crippen LogP contribution >= 0.6 is 0 Å². The second-order valence-corrected chi connectivity index (χ2v) is 7.59. The fourth-order valence-corrected chi connectivity index (χ4v) is 3.40. The Bertz CT molecular complexity index is 1200. The molecule has 2 aromatic carbocycles. The average Bonchev–Trinajstić information content (AvgIpc) is 2.74. The highest BCUT2D eigenvalue weighted by atomic mass is 32.2. The Labute approximate surface area is 170 Å². The Morgan fingerprint density at radius 2 is 1.53 bits per heavy atom. The van der Waals surface area contributed by atoms with Gasteiger partial charge in [0.2, 0.25) is 0 Å². The SMILES string of the molecule is O=C(NNC(=O)c1cccc(NS(=O)(=O)c2ccc(F)c(F)c2)c1)c1cccnc1. The highest BCUT2D eigenvalue weighted by molar-refractivity contribution is 7.92. The number of nitrogens with zero attached hydrogens (tertiary/aromatic N) is 1. The number of carbonyl (C=O) groups is 2. The average molecular weight is 432 g/mol. The van der Waals surface area contributed by atoms with E-state index in [1.165, 1.54) is 42.7 Å². The van der Waals surface area contributed by atoms with Gasteiger partial charge in [0, 0.05) is 23.6 Å². The lowest BCUT2D eigenvalue weighted by atomic mass is 10.2. The van der Waals surface area contributed by atoms with Gasteiger partial charge in [-0.2, -0.15) is 0 Å². The van der Waals surface area contributed by atoms with Crippen LogP contribution in [-0.2, 0) is 10.0 Å². The lowest BCUT2D eigenvalue weighted by molar-refractivity contribution is 0.0846. The molecule has 8 nitrogen and oxygen atoms in total. The number of anilines is 1. The van der Waals surface area contributed by atoms with Gasteiger partial charge >= 0.3 is 0 Å². The van der Waals surface area contributed by atoms with Crippen LogP contribution in [0.2, 0.25) is 0 Å². The van der Waals surface area contributed by atoms with Gasteiger partial charge in [-0.05, 0) is 48.5 Å². The monoisotopic (exact) mass is 432 g/mol. The van der Waals surface area contributed by atoms with Crippen LogP contribution in [0.4, 0.5) is 14.5 Å². The third-order valence-electron chi connectivity index (χ3n) is 3.79. The van der Waals surface area contributed by atoms with Crippen LogP contribution in [-0.4, -0.2) is 25.2 Å². The molecule has 0 atom stereocenters. The summed E-state index contributed by atoms with van der Waals surface area (Å²) in [5.74, 6) is -3.79. The normalized spacial score (nSPS) is 10.9. The van der Waals surface area contributed by atoms with Crippen molar-refractivity contribution in [2.45, 2.75) is 4.90 Å². The lowest BCUT2D eigenvalue weighted by Gasteiger charge is -2.11. The third-order valence-corrected chi connectivity index (χ3v) is 5.17. The van der Waals surface area contributed by atoms with E-state index in [-0.39, 0.29) is 16.8 Å². The number of aromatic nitrogens is 1. The first-order chi connectivity index (χ1) is 14.3. The molecule has 0 spiro atoms. The summed E-state index contributed by atoms with van der Waals surface area (Å²) in [4.78, 5) is 27.5. The van der Waals surface area contributed by atoms with E-state index >= 15 is 0 Å². The number of hydrazine groups is 1. The molecule has 0 aliphatic carbocycles. The molecule has 30 heavy (non-hydrogen) atoms. The summed E-state index contributed by atoms with van der Waals surface area (Å²) in [5, 5.41) is 0. The molecule has 3 rings (SSSR count).